The minimum absolute atomic E-state index is 0.0000401. The number of nitrogens with zero attached hydrogens (tertiary/aromatic N) is 3. The Morgan fingerprint density at radius 2 is 2.12 bits per heavy atom. The van der Waals surface area contributed by atoms with E-state index >= 15 is 0 Å². The van der Waals surface area contributed by atoms with Gasteiger partial charge >= 0.3 is 0 Å². The maximum Gasteiger partial charge on any atom is 0.282 e. The third-order valence-electron chi connectivity index (χ3n) is 3.37. The molecule has 1 amide bonds. The summed E-state index contributed by atoms with van der Waals surface area (Å²) in [7, 11) is 0. The molecule has 0 radical (unpaired) electrons. The number of anilines is 1. The van der Waals surface area contributed by atoms with E-state index in [1.807, 2.05) is 6.26 Å². The van der Waals surface area contributed by atoms with Gasteiger partial charge in [0.05, 0.1) is 4.92 Å². The molecule has 25 heavy (non-hydrogen) atoms. The van der Waals surface area contributed by atoms with Gasteiger partial charge in [-0.1, -0.05) is 6.07 Å². The maximum atomic E-state index is 12.5. The Kier molecular flexibility index (Phi) is 4.75. The minimum Gasteiger partial charge on any atom is -0.423 e. The van der Waals surface area contributed by atoms with Gasteiger partial charge in [0, 0.05) is 22.2 Å². The van der Waals surface area contributed by atoms with Crippen molar-refractivity contribution in [2.75, 3.05) is 11.6 Å². The van der Waals surface area contributed by atoms with Crippen LogP contribution in [0.15, 0.2) is 58.2 Å². The van der Waals surface area contributed by atoms with Crippen molar-refractivity contribution < 1.29 is 14.1 Å². The molecule has 126 valence electrons. The number of hydrogen-bond donors (Lipinski definition) is 1. The molecule has 0 saturated carbocycles. The van der Waals surface area contributed by atoms with Gasteiger partial charge < -0.3 is 9.73 Å². The predicted octanol–water partition coefficient (Wildman–Crippen LogP) is 3.62. The van der Waals surface area contributed by atoms with Gasteiger partial charge in [0.15, 0.2) is 0 Å². The molecule has 0 unspecified atom stereocenters. The average molecular weight is 356 g/mol. The largest absolute Gasteiger partial charge is 0.423 e. The molecule has 0 bridgehead atoms. The Morgan fingerprint density at radius 3 is 2.80 bits per heavy atom. The molecule has 1 N–H and O–H groups in total. The van der Waals surface area contributed by atoms with E-state index in [0.29, 0.717) is 17.1 Å². The topological polar surface area (TPSA) is 111 Å². The first-order valence-corrected chi connectivity index (χ1v) is 8.31. The number of rotatable bonds is 5. The first kappa shape index (κ1) is 16.7. The van der Waals surface area contributed by atoms with E-state index in [9.17, 15) is 14.9 Å². The van der Waals surface area contributed by atoms with Crippen LogP contribution in [0.4, 0.5) is 11.4 Å². The van der Waals surface area contributed by atoms with Crippen molar-refractivity contribution in [2.24, 2.45) is 0 Å². The van der Waals surface area contributed by atoms with Crippen LogP contribution in [0, 0.1) is 10.1 Å². The number of benzene rings is 2. The molecule has 3 rings (SSSR count). The van der Waals surface area contributed by atoms with Crippen molar-refractivity contribution in [2.45, 2.75) is 4.90 Å². The molecule has 3 aromatic rings. The van der Waals surface area contributed by atoms with Crippen molar-refractivity contribution in [1.29, 1.82) is 0 Å². The summed E-state index contributed by atoms with van der Waals surface area (Å²) in [6.45, 7) is 0. The van der Waals surface area contributed by atoms with Gasteiger partial charge in [0.1, 0.15) is 5.56 Å². The van der Waals surface area contributed by atoms with Gasteiger partial charge in [0.2, 0.25) is 12.3 Å². The molecular weight excluding hydrogens is 344 g/mol. The summed E-state index contributed by atoms with van der Waals surface area (Å²) in [6.07, 6.45) is 3.04. The summed E-state index contributed by atoms with van der Waals surface area (Å²) in [6, 6.07) is 11.2. The molecule has 0 aliphatic rings. The number of hydrogen-bond acceptors (Lipinski definition) is 7. The Labute approximate surface area is 146 Å². The predicted molar refractivity (Wildman–Crippen MR) is 92.6 cm³/mol. The van der Waals surface area contributed by atoms with Crippen LogP contribution in [-0.2, 0) is 0 Å². The number of carbonyl (C=O) groups excluding carboxylic acids is 1. The molecular formula is C16H12N4O4S. The molecule has 0 aliphatic carbocycles. The van der Waals surface area contributed by atoms with Crippen molar-refractivity contribution in [3.05, 3.63) is 64.5 Å². The fourth-order valence-electron chi connectivity index (χ4n) is 2.21. The van der Waals surface area contributed by atoms with Crippen LogP contribution in [0.25, 0.3) is 11.5 Å². The first-order valence-electron chi connectivity index (χ1n) is 7.09. The quantitative estimate of drug-likeness (QED) is 0.422. The lowest BCUT2D eigenvalue weighted by Gasteiger charge is -2.08. The van der Waals surface area contributed by atoms with Gasteiger partial charge in [-0.25, -0.2) is 0 Å². The number of aromatic nitrogens is 2. The fraction of sp³-hybridized carbons (Fsp3) is 0.0625. The monoisotopic (exact) mass is 356 g/mol. The van der Waals surface area contributed by atoms with Gasteiger partial charge in [-0.3, -0.25) is 14.9 Å². The first-order chi connectivity index (χ1) is 12.1. The fourth-order valence-corrected chi connectivity index (χ4v) is 2.65. The SMILES string of the molecule is CSc1ccc([N+](=O)[O-])c(C(=O)Nc2cccc(-c3nnco3)c2)c1. The number of amides is 1. The number of carbonyl (C=O) groups is 1. The summed E-state index contributed by atoms with van der Waals surface area (Å²) in [5, 5.41) is 21.3. The molecule has 1 heterocycles. The summed E-state index contributed by atoms with van der Waals surface area (Å²) in [5.74, 6) is -0.253. The second-order valence-electron chi connectivity index (χ2n) is 4.92. The van der Waals surface area contributed by atoms with Crippen LogP contribution < -0.4 is 5.32 Å². The Morgan fingerprint density at radius 1 is 1.28 bits per heavy atom. The molecule has 8 nitrogen and oxygen atoms in total. The average Bonchev–Trinajstić information content (AvgIpc) is 3.16. The van der Waals surface area contributed by atoms with E-state index in [-0.39, 0.29) is 11.3 Å². The van der Waals surface area contributed by atoms with Crippen molar-refractivity contribution in [3.63, 3.8) is 0 Å². The van der Waals surface area contributed by atoms with Crippen LogP contribution in [0.5, 0.6) is 0 Å². The summed E-state index contributed by atoms with van der Waals surface area (Å²) in [5.41, 5.74) is 0.843. The van der Waals surface area contributed by atoms with E-state index in [1.165, 1.54) is 30.3 Å². The molecule has 0 spiro atoms. The minimum atomic E-state index is -0.576. The number of nitro benzene ring substituents is 1. The molecule has 9 heteroatoms. The standard InChI is InChI=1S/C16H12N4O4S/c1-25-12-5-6-14(20(22)23)13(8-12)15(21)18-11-4-2-3-10(7-11)16-19-17-9-24-16/h2-9H,1H3,(H,18,21). The van der Waals surface area contributed by atoms with E-state index in [2.05, 4.69) is 15.5 Å². The van der Waals surface area contributed by atoms with Crippen LogP contribution in [-0.4, -0.2) is 27.3 Å². The van der Waals surface area contributed by atoms with Crippen molar-refractivity contribution in [1.82, 2.24) is 10.2 Å². The highest BCUT2D eigenvalue weighted by Gasteiger charge is 2.21. The zero-order valence-electron chi connectivity index (χ0n) is 13.0. The summed E-state index contributed by atoms with van der Waals surface area (Å²) < 4.78 is 5.12. The summed E-state index contributed by atoms with van der Waals surface area (Å²) >= 11 is 1.40. The van der Waals surface area contributed by atoms with E-state index < -0.39 is 10.8 Å². The number of nitrogens with one attached hydrogen (secondary N) is 1. The third kappa shape index (κ3) is 3.66. The highest BCUT2D eigenvalue weighted by molar-refractivity contribution is 7.98. The highest BCUT2D eigenvalue weighted by atomic mass is 32.2. The Bertz CT molecular complexity index is 928. The van der Waals surface area contributed by atoms with Gasteiger partial charge in [-0.2, -0.15) is 0 Å². The van der Waals surface area contributed by atoms with Crippen molar-refractivity contribution >= 4 is 29.0 Å². The van der Waals surface area contributed by atoms with Crippen LogP contribution in [0.3, 0.4) is 0 Å². The molecule has 0 saturated heterocycles. The van der Waals surface area contributed by atoms with Crippen molar-refractivity contribution in [3.8, 4) is 11.5 Å². The lowest BCUT2D eigenvalue weighted by atomic mass is 10.1. The van der Waals surface area contributed by atoms with E-state index in [0.717, 1.165) is 4.90 Å². The second kappa shape index (κ2) is 7.14. The zero-order valence-corrected chi connectivity index (χ0v) is 13.8. The van der Waals surface area contributed by atoms with Crippen LogP contribution in [0.1, 0.15) is 10.4 Å². The molecule has 0 fully saturated rings. The van der Waals surface area contributed by atoms with Crippen LogP contribution >= 0.6 is 11.8 Å². The normalized spacial score (nSPS) is 10.4. The molecule has 0 aliphatic heterocycles. The maximum absolute atomic E-state index is 12.5. The lowest BCUT2D eigenvalue weighted by Crippen LogP contribution is -2.14. The van der Waals surface area contributed by atoms with Gasteiger partial charge in [-0.05, 0) is 36.6 Å². The molecule has 0 atom stereocenters. The summed E-state index contributed by atoms with van der Waals surface area (Å²) in [4.78, 5) is 23.9. The number of thioether (sulfide) groups is 1. The third-order valence-corrected chi connectivity index (χ3v) is 4.10. The Balaban J connectivity index is 1.90. The lowest BCUT2D eigenvalue weighted by molar-refractivity contribution is -0.385. The smallest absolute Gasteiger partial charge is 0.282 e. The van der Waals surface area contributed by atoms with E-state index in [4.69, 9.17) is 4.42 Å². The van der Waals surface area contributed by atoms with Crippen LogP contribution in [0.2, 0.25) is 0 Å². The molecule has 1 aromatic heterocycles. The zero-order chi connectivity index (χ0) is 17.8. The molecule has 2 aromatic carbocycles. The van der Waals surface area contributed by atoms with E-state index in [1.54, 1.807) is 30.3 Å². The van der Waals surface area contributed by atoms with Gasteiger partial charge in [0.25, 0.3) is 11.6 Å². The Hall–Kier alpha value is -3.20. The highest BCUT2D eigenvalue weighted by Crippen LogP contribution is 2.26. The van der Waals surface area contributed by atoms with Gasteiger partial charge in [-0.15, -0.1) is 22.0 Å². The second-order valence-corrected chi connectivity index (χ2v) is 5.80. The number of nitro groups is 1.